The van der Waals surface area contributed by atoms with E-state index in [9.17, 15) is 9.59 Å². The number of carbonyl (C=O) groups excluding carboxylic acids is 1. The van der Waals surface area contributed by atoms with E-state index >= 15 is 0 Å². The number of hydrogen-bond acceptors (Lipinski definition) is 5. The number of aromatic nitrogens is 1. The summed E-state index contributed by atoms with van der Waals surface area (Å²) in [5.74, 6) is -0.958. The van der Waals surface area contributed by atoms with Crippen molar-refractivity contribution in [3.8, 4) is 0 Å². The van der Waals surface area contributed by atoms with Gasteiger partial charge in [0.05, 0.1) is 12.6 Å². The molecule has 1 atom stereocenters. The van der Waals surface area contributed by atoms with Crippen molar-refractivity contribution in [2.75, 3.05) is 0 Å². The Bertz CT molecular complexity index is 431. The zero-order chi connectivity index (χ0) is 13.7. The van der Waals surface area contributed by atoms with Crippen molar-refractivity contribution in [1.82, 2.24) is 10.3 Å². The molecule has 0 aliphatic heterocycles. The Balaban J connectivity index is 2.44. The van der Waals surface area contributed by atoms with Gasteiger partial charge >= 0.3 is 5.97 Å². The Hall–Kier alpha value is -1.47. The molecule has 0 aromatic carbocycles. The van der Waals surface area contributed by atoms with Crippen LogP contribution in [-0.2, 0) is 11.3 Å². The number of nitrogens with zero attached hydrogens (tertiary/aromatic N) is 1. The van der Waals surface area contributed by atoms with Crippen LogP contribution in [0.25, 0.3) is 0 Å². The molecule has 0 saturated carbocycles. The lowest BCUT2D eigenvalue weighted by Crippen LogP contribution is -2.41. The zero-order valence-electron chi connectivity index (χ0n) is 10.3. The first-order chi connectivity index (χ1) is 8.40. The van der Waals surface area contributed by atoms with E-state index in [-0.39, 0.29) is 18.1 Å². The van der Waals surface area contributed by atoms with Gasteiger partial charge in [0.2, 0.25) is 5.91 Å². The minimum absolute atomic E-state index is 0.00396. The van der Waals surface area contributed by atoms with Crippen LogP contribution < -0.4 is 11.1 Å². The van der Waals surface area contributed by atoms with E-state index in [1.165, 1.54) is 16.7 Å². The second-order valence-electron chi connectivity index (χ2n) is 4.39. The van der Waals surface area contributed by atoms with E-state index in [2.05, 4.69) is 10.3 Å². The van der Waals surface area contributed by atoms with Gasteiger partial charge in [0.1, 0.15) is 5.01 Å². The molecule has 0 saturated heterocycles. The van der Waals surface area contributed by atoms with Crippen LogP contribution in [0.15, 0.2) is 5.38 Å². The first-order valence-electron chi connectivity index (χ1n) is 5.61. The van der Waals surface area contributed by atoms with Crippen LogP contribution in [0.2, 0.25) is 0 Å². The van der Waals surface area contributed by atoms with E-state index < -0.39 is 12.0 Å². The molecule has 1 rings (SSSR count). The molecule has 1 unspecified atom stereocenters. The summed E-state index contributed by atoms with van der Waals surface area (Å²) in [5, 5.41) is 13.3. The number of thiazole rings is 1. The van der Waals surface area contributed by atoms with Crippen molar-refractivity contribution < 1.29 is 14.7 Å². The lowest BCUT2D eigenvalue weighted by Gasteiger charge is -2.13. The fourth-order valence-corrected chi connectivity index (χ4v) is 2.11. The predicted molar refractivity (Wildman–Crippen MR) is 68.4 cm³/mol. The summed E-state index contributed by atoms with van der Waals surface area (Å²) in [7, 11) is 0. The van der Waals surface area contributed by atoms with E-state index in [0.717, 1.165) is 0 Å². The van der Waals surface area contributed by atoms with Crippen molar-refractivity contribution in [3.05, 3.63) is 16.1 Å². The highest BCUT2D eigenvalue weighted by Crippen LogP contribution is 2.09. The van der Waals surface area contributed by atoms with E-state index in [4.69, 9.17) is 10.8 Å². The molecular formula is C11H17N3O3S. The number of carboxylic acid groups (broad SMARTS) is 1. The van der Waals surface area contributed by atoms with Crippen LogP contribution in [0.5, 0.6) is 0 Å². The van der Waals surface area contributed by atoms with Gasteiger partial charge in [0, 0.05) is 5.38 Å². The monoisotopic (exact) mass is 271 g/mol. The van der Waals surface area contributed by atoms with Crippen LogP contribution in [0, 0.1) is 5.92 Å². The van der Waals surface area contributed by atoms with Crippen LogP contribution in [-0.4, -0.2) is 28.0 Å². The second kappa shape index (κ2) is 6.46. The number of carboxylic acids is 1. The number of nitrogens with two attached hydrogens (primary N) is 1. The Kier molecular flexibility index (Phi) is 5.24. The third-order valence-corrected chi connectivity index (χ3v) is 3.10. The summed E-state index contributed by atoms with van der Waals surface area (Å²) in [6, 6.07) is -0.538. The molecule has 0 spiro atoms. The summed E-state index contributed by atoms with van der Waals surface area (Å²) in [4.78, 5) is 26.1. The zero-order valence-corrected chi connectivity index (χ0v) is 11.2. The highest BCUT2D eigenvalue weighted by atomic mass is 32.1. The summed E-state index contributed by atoms with van der Waals surface area (Å²) in [5.41, 5.74) is 5.71. The van der Waals surface area contributed by atoms with E-state index in [0.29, 0.717) is 17.3 Å². The molecule has 1 heterocycles. The topological polar surface area (TPSA) is 105 Å². The highest BCUT2D eigenvalue weighted by Gasteiger charge is 2.15. The fraction of sp³-hybridized carbons (Fsp3) is 0.545. The van der Waals surface area contributed by atoms with Gasteiger partial charge in [-0.1, -0.05) is 13.8 Å². The maximum atomic E-state index is 11.6. The highest BCUT2D eigenvalue weighted by molar-refractivity contribution is 7.09. The van der Waals surface area contributed by atoms with Crippen molar-refractivity contribution >= 4 is 23.2 Å². The van der Waals surface area contributed by atoms with Crippen molar-refractivity contribution in [1.29, 1.82) is 0 Å². The van der Waals surface area contributed by atoms with Crippen LogP contribution in [0.4, 0.5) is 0 Å². The number of rotatable bonds is 6. The average Bonchev–Trinajstić information content (AvgIpc) is 2.73. The number of hydrogen-bond donors (Lipinski definition) is 3. The molecule has 7 heteroatoms. The Morgan fingerprint density at radius 1 is 1.56 bits per heavy atom. The largest absolute Gasteiger partial charge is 0.476 e. The third-order valence-electron chi connectivity index (χ3n) is 2.25. The van der Waals surface area contributed by atoms with Crippen LogP contribution >= 0.6 is 11.3 Å². The van der Waals surface area contributed by atoms with Gasteiger partial charge in [-0.05, 0) is 12.3 Å². The van der Waals surface area contributed by atoms with Crippen molar-refractivity contribution in [3.63, 3.8) is 0 Å². The first kappa shape index (κ1) is 14.6. The van der Waals surface area contributed by atoms with Gasteiger partial charge in [-0.2, -0.15) is 0 Å². The van der Waals surface area contributed by atoms with Gasteiger partial charge in [-0.15, -0.1) is 11.3 Å². The molecule has 0 bridgehead atoms. The van der Waals surface area contributed by atoms with Crippen LogP contribution in [0.1, 0.15) is 35.8 Å². The standard InChI is InChI=1S/C11H17N3O3S/c1-6(2)3-7(12)10(15)13-4-9-14-8(5-18-9)11(16)17/h5-7H,3-4,12H2,1-2H3,(H,13,15)(H,16,17). The summed E-state index contributed by atoms with van der Waals surface area (Å²) in [6.45, 7) is 4.20. The average molecular weight is 271 g/mol. The van der Waals surface area contributed by atoms with Gasteiger partial charge in [0.25, 0.3) is 0 Å². The van der Waals surface area contributed by atoms with Crippen molar-refractivity contribution in [2.24, 2.45) is 11.7 Å². The fourth-order valence-electron chi connectivity index (χ4n) is 1.40. The van der Waals surface area contributed by atoms with Crippen LogP contribution in [0.3, 0.4) is 0 Å². The number of carbonyl (C=O) groups is 2. The third kappa shape index (κ3) is 4.42. The second-order valence-corrected chi connectivity index (χ2v) is 5.33. The maximum Gasteiger partial charge on any atom is 0.355 e. The SMILES string of the molecule is CC(C)CC(N)C(=O)NCc1nc(C(=O)O)cs1. The smallest absolute Gasteiger partial charge is 0.355 e. The summed E-state index contributed by atoms with van der Waals surface area (Å²) < 4.78 is 0. The molecule has 1 aromatic heterocycles. The van der Waals surface area contributed by atoms with E-state index in [1.807, 2.05) is 13.8 Å². The van der Waals surface area contributed by atoms with Gasteiger partial charge in [-0.25, -0.2) is 9.78 Å². The lowest BCUT2D eigenvalue weighted by molar-refractivity contribution is -0.122. The Morgan fingerprint density at radius 2 is 2.22 bits per heavy atom. The number of amides is 1. The Labute approximate surface area is 109 Å². The first-order valence-corrected chi connectivity index (χ1v) is 6.49. The molecule has 4 N–H and O–H groups in total. The molecule has 0 radical (unpaired) electrons. The maximum absolute atomic E-state index is 11.6. The van der Waals surface area contributed by atoms with Gasteiger partial charge in [-0.3, -0.25) is 4.79 Å². The van der Waals surface area contributed by atoms with E-state index in [1.54, 1.807) is 0 Å². The summed E-state index contributed by atoms with van der Waals surface area (Å²) in [6.07, 6.45) is 0.615. The van der Waals surface area contributed by atoms with Crippen molar-refractivity contribution in [2.45, 2.75) is 32.9 Å². The molecule has 6 nitrogen and oxygen atoms in total. The number of aromatic carboxylic acids is 1. The molecule has 0 aliphatic rings. The lowest BCUT2D eigenvalue weighted by atomic mass is 10.0. The molecule has 0 fully saturated rings. The molecule has 1 amide bonds. The molecule has 18 heavy (non-hydrogen) atoms. The summed E-state index contributed by atoms with van der Waals surface area (Å²) >= 11 is 1.20. The number of nitrogens with one attached hydrogen (secondary N) is 1. The molecule has 1 aromatic rings. The molecule has 0 aliphatic carbocycles. The quantitative estimate of drug-likeness (QED) is 0.710. The molecular weight excluding hydrogens is 254 g/mol. The Morgan fingerprint density at radius 3 is 2.72 bits per heavy atom. The van der Waals surface area contributed by atoms with Gasteiger partial charge in [0.15, 0.2) is 5.69 Å². The normalized spacial score (nSPS) is 12.4. The minimum Gasteiger partial charge on any atom is -0.476 e. The van der Waals surface area contributed by atoms with Gasteiger partial charge < -0.3 is 16.2 Å². The molecule has 100 valence electrons. The minimum atomic E-state index is -1.07. The predicted octanol–water partition coefficient (Wildman–Crippen LogP) is 0.831.